The van der Waals surface area contributed by atoms with Gasteiger partial charge >= 0.3 is 6.03 Å². The van der Waals surface area contributed by atoms with Crippen LogP contribution >= 0.6 is 0 Å². The van der Waals surface area contributed by atoms with Crippen LogP contribution in [0.4, 0.5) is 4.79 Å². The van der Waals surface area contributed by atoms with E-state index in [1.165, 1.54) is 19.3 Å². The van der Waals surface area contributed by atoms with Gasteiger partial charge in [0.15, 0.2) is 0 Å². The van der Waals surface area contributed by atoms with Gasteiger partial charge in [-0.2, -0.15) is 0 Å². The fourth-order valence-corrected chi connectivity index (χ4v) is 5.30. The maximum Gasteiger partial charge on any atom is 0.322 e. The van der Waals surface area contributed by atoms with E-state index in [2.05, 4.69) is 10.6 Å². The summed E-state index contributed by atoms with van der Waals surface area (Å²) >= 11 is 0. The highest BCUT2D eigenvalue weighted by atomic mass is 16.2. The molecule has 0 aliphatic heterocycles. The van der Waals surface area contributed by atoms with E-state index >= 15 is 0 Å². The van der Waals surface area contributed by atoms with Crippen molar-refractivity contribution in [2.24, 2.45) is 17.8 Å². The van der Waals surface area contributed by atoms with E-state index in [0.29, 0.717) is 5.56 Å². The predicted molar refractivity (Wildman–Crippen MR) is 83.3 cm³/mol. The number of benzene rings is 1. The summed E-state index contributed by atoms with van der Waals surface area (Å²) in [4.78, 5) is 24.3. The largest absolute Gasteiger partial charge is 0.332 e. The average Bonchev–Trinajstić information content (AvgIpc) is 2.45. The van der Waals surface area contributed by atoms with E-state index < -0.39 is 0 Å². The van der Waals surface area contributed by atoms with Crippen LogP contribution in [0.25, 0.3) is 0 Å². The second-order valence-electron chi connectivity index (χ2n) is 7.47. The highest BCUT2D eigenvalue weighted by molar-refractivity contribution is 6.04. The molecule has 4 aliphatic carbocycles. The molecule has 0 unspecified atom stereocenters. The molecule has 5 rings (SSSR count). The predicted octanol–water partition coefficient (Wildman–Crippen LogP) is 3.09. The van der Waals surface area contributed by atoms with Crippen molar-refractivity contribution in [3.8, 4) is 0 Å². The molecule has 4 heteroatoms. The third-order valence-corrected chi connectivity index (χ3v) is 5.68. The van der Waals surface area contributed by atoms with Crippen LogP contribution < -0.4 is 10.6 Å². The van der Waals surface area contributed by atoms with Gasteiger partial charge in [0.2, 0.25) is 0 Å². The van der Waals surface area contributed by atoms with Gasteiger partial charge in [0, 0.05) is 11.1 Å². The van der Waals surface area contributed by atoms with Crippen LogP contribution in [0.5, 0.6) is 0 Å². The Morgan fingerprint density at radius 3 is 2.00 bits per heavy atom. The van der Waals surface area contributed by atoms with Crippen molar-refractivity contribution in [1.29, 1.82) is 0 Å². The van der Waals surface area contributed by atoms with Crippen molar-refractivity contribution in [3.63, 3.8) is 0 Å². The Hall–Kier alpha value is -1.84. The zero-order chi connectivity index (χ0) is 15.2. The molecular formula is C18H22N2O2. The second-order valence-corrected chi connectivity index (χ2v) is 7.47. The minimum Gasteiger partial charge on any atom is -0.332 e. The number of imide groups is 1. The molecule has 4 saturated carbocycles. The zero-order valence-corrected chi connectivity index (χ0v) is 12.7. The highest BCUT2D eigenvalue weighted by Gasteiger charge is 2.51. The first-order valence-electron chi connectivity index (χ1n) is 8.30. The van der Waals surface area contributed by atoms with E-state index in [0.717, 1.165) is 37.0 Å². The molecule has 0 atom stereocenters. The summed E-state index contributed by atoms with van der Waals surface area (Å²) in [6.45, 7) is 0. The molecule has 2 N–H and O–H groups in total. The van der Waals surface area contributed by atoms with Crippen molar-refractivity contribution in [2.75, 3.05) is 0 Å². The second kappa shape index (κ2) is 5.11. The van der Waals surface area contributed by atoms with Gasteiger partial charge in [-0.1, -0.05) is 18.2 Å². The van der Waals surface area contributed by atoms with Crippen LogP contribution in [-0.4, -0.2) is 17.5 Å². The molecule has 0 aromatic heterocycles. The molecule has 3 amide bonds. The number of hydrogen-bond acceptors (Lipinski definition) is 2. The Balaban J connectivity index is 1.41. The molecule has 0 radical (unpaired) electrons. The molecule has 0 spiro atoms. The lowest BCUT2D eigenvalue weighted by Crippen LogP contribution is -2.61. The van der Waals surface area contributed by atoms with Crippen LogP contribution in [-0.2, 0) is 0 Å². The molecule has 0 heterocycles. The van der Waals surface area contributed by atoms with E-state index in [1.807, 2.05) is 6.07 Å². The van der Waals surface area contributed by atoms with E-state index in [9.17, 15) is 9.59 Å². The molecule has 4 nitrogen and oxygen atoms in total. The summed E-state index contributed by atoms with van der Waals surface area (Å²) in [7, 11) is 0. The lowest BCUT2D eigenvalue weighted by atomic mass is 9.53. The van der Waals surface area contributed by atoms with Crippen LogP contribution in [0.1, 0.15) is 48.9 Å². The quantitative estimate of drug-likeness (QED) is 0.881. The van der Waals surface area contributed by atoms with Gasteiger partial charge in [0.05, 0.1) is 0 Å². The molecule has 4 aliphatic rings. The van der Waals surface area contributed by atoms with Gasteiger partial charge in [0.25, 0.3) is 5.91 Å². The van der Waals surface area contributed by atoms with Gasteiger partial charge in [-0.3, -0.25) is 10.1 Å². The molecule has 4 bridgehead atoms. The molecule has 0 saturated heterocycles. The lowest BCUT2D eigenvalue weighted by molar-refractivity contribution is -0.0134. The van der Waals surface area contributed by atoms with Gasteiger partial charge in [-0.05, 0) is 68.4 Å². The number of carbonyl (C=O) groups is 2. The summed E-state index contributed by atoms with van der Waals surface area (Å²) in [5.41, 5.74) is 0.457. The number of hydrogen-bond donors (Lipinski definition) is 2. The van der Waals surface area contributed by atoms with E-state index in [1.54, 1.807) is 24.3 Å². The number of urea groups is 1. The summed E-state index contributed by atoms with van der Waals surface area (Å²) in [6.07, 6.45) is 7.28. The first kappa shape index (κ1) is 13.8. The van der Waals surface area contributed by atoms with Crippen LogP contribution in [0.3, 0.4) is 0 Å². The summed E-state index contributed by atoms with van der Waals surface area (Å²) in [6, 6.07) is 8.54. The SMILES string of the molecule is O=C(NC(=O)c1ccccc1)NC12CC3CC(CC(C3)C1)C2. The molecular weight excluding hydrogens is 276 g/mol. The standard InChI is InChI=1S/C18H22N2O2/c21-16(15-4-2-1-3-5-15)19-17(22)20-18-9-12-6-13(10-18)8-14(7-12)11-18/h1-5,12-14H,6-11H2,(H2,19,20,21,22). The van der Waals surface area contributed by atoms with Crippen LogP contribution in [0.2, 0.25) is 0 Å². The Kier molecular flexibility index (Phi) is 3.21. The van der Waals surface area contributed by atoms with Crippen molar-refractivity contribution < 1.29 is 9.59 Å². The topological polar surface area (TPSA) is 58.2 Å². The average molecular weight is 298 g/mol. The third kappa shape index (κ3) is 2.51. The third-order valence-electron chi connectivity index (χ3n) is 5.68. The molecule has 4 fully saturated rings. The Labute approximate surface area is 130 Å². The first-order chi connectivity index (χ1) is 10.6. The number of rotatable bonds is 2. The first-order valence-corrected chi connectivity index (χ1v) is 8.30. The summed E-state index contributed by atoms with van der Waals surface area (Å²) in [5, 5.41) is 5.64. The number of nitrogens with one attached hydrogen (secondary N) is 2. The molecule has 1 aromatic carbocycles. The van der Waals surface area contributed by atoms with E-state index in [-0.39, 0.29) is 17.5 Å². The number of carbonyl (C=O) groups excluding carboxylic acids is 2. The minimum atomic E-state index is -0.337. The highest BCUT2D eigenvalue weighted by Crippen LogP contribution is 2.55. The Morgan fingerprint density at radius 1 is 0.909 bits per heavy atom. The maximum absolute atomic E-state index is 12.3. The zero-order valence-electron chi connectivity index (χ0n) is 12.7. The lowest BCUT2D eigenvalue weighted by Gasteiger charge is -2.56. The van der Waals surface area contributed by atoms with Crippen molar-refractivity contribution in [1.82, 2.24) is 10.6 Å². The maximum atomic E-state index is 12.3. The van der Waals surface area contributed by atoms with Crippen molar-refractivity contribution in [3.05, 3.63) is 35.9 Å². The van der Waals surface area contributed by atoms with Gasteiger partial charge in [-0.25, -0.2) is 4.79 Å². The summed E-state index contributed by atoms with van der Waals surface area (Å²) in [5.74, 6) is 1.99. The normalized spacial score (nSPS) is 35.2. The van der Waals surface area contributed by atoms with Gasteiger partial charge in [0.1, 0.15) is 0 Å². The molecule has 116 valence electrons. The smallest absolute Gasteiger partial charge is 0.322 e. The Bertz CT molecular complexity index is 561. The molecule has 22 heavy (non-hydrogen) atoms. The fraction of sp³-hybridized carbons (Fsp3) is 0.556. The van der Waals surface area contributed by atoms with Crippen molar-refractivity contribution in [2.45, 2.75) is 44.1 Å². The van der Waals surface area contributed by atoms with Gasteiger partial charge < -0.3 is 5.32 Å². The van der Waals surface area contributed by atoms with Crippen molar-refractivity contribution >= 4 is 11.9 Å². The fourth-order valence-electron chi connectivity index (χ4n) is 5.30. The number of amides is 3. The van der Waals surface area contributed by atoms with E-state index in [4.69, 9.17) is 0 Å². The monoisotopic (exact) mass is 298 g/mol. The summed E-state index contributed by atoms with van der Waals surface area (Å²) < 4.78 is 0. The minimum absolute atomic E-state index is 0.0597. The molecule has 1 aromatic rings. The Morgan fingerprint density at radius 2 is 1.45 bits per heavy atom. The van der Waals surface area contributed by atoms with Crippen LogP contribution in [0, 0.1) is 17.8 Å². The van der Waals surface area contributed by atoms with Gasteiger partial charge in [-0.15, -0.1) is 0 Å². The van der Waals surface area contributed by atoms with Crippen LogP contribution in [0.15, 0.2) is 30.3 Å².